The van der Waals surface area contributed by atoms with Crippen molar-refractivity contribution in [3.63, 3.8) is 0 Å². The van der Waals surface area contributed by atoms with Crippen molar-refractivity contribution >= 4 is 30.7 Å². The summed E-state index contributed by atoms with van der Waals surface area (Å²) in [7, 11) is 0. The average Bonchev–Trinajstić information content (AvgIpc) is 2.68. The van der Waals surface area contributed by atoms with Crippen molar-refractivity contribution in [3.8, 4) is 0 Å². The summed E-state index contributed by atoms with van der Waals surface area (Å²) in [4.78, 5) is 17.2. The van der Waals surface area contributed by atoms with E-state index in [4.69, 9.17) is 10.5 Å². The van der Waals surface area contributed by atoms with Gasteiger partial charge in [-0.25, -0.2) is 0 Å². The lowest BCUT2D eigenvalue weighted by molar-refractivity contribution is -0.180. The van der Waals surface area contributed by atoms with Crippen molar-refractivity contribution in [2.45, 2.75) is 44.9 Å². The maximum absolute atomic E-state index is 13.1. The first kappa shape index (κ1) is 26.1. The molecule has 1 aliphatic carbocycles. The number of nitrogens with zero attached hydrogens (tertiary/aromatic N) is 2. The molecule has 2 aliphatic rings. The van der Waals surface area contributed by atoms with Gasteiger partial charge in [-0.05, 0) is 12.5 Å². The number of benzene rings is 1. The summed E-state index contributed by atoms with van der Waals surface area (Å²) < 4.78 is 5.74. The Hall–Kier alpha value is -0.890. The minimum Gasteiger partial charge on any atom is -0.387 e. The lowest BCUT2D eigenvalue weighted by Crippen LogP contribution is -2.76. The van der Waals surface area contributed by atoms with E-state index in [1.807, 2.05) is 56.0 Å². The van der Waals surface area contributed by atoms with Crippen molar-refractivity contribution in [3.05, 3.63) is 35.9 Å². The zero-order valence-electron chi connectivity index (χ0n) is 17.5. The minimum atomic E-state index is -0.849. The van der Waals surface area contributed by atoms with Gasteiger partial charge in [0.2, 0.25) is 5.91 Å². The van der Waals surface area contributed by atoms with Crippen LogP contribution in [0.1, 0.15) is 38.9 Å². The van der Waals surface area contributed by atoms with Crippen LogP contribution in [0.2, 0.25) is 0 Å². The number of halogens is 2. The van der Waals surface area contributed by atoms with Gasteiger partial charge in [-0.15, -0.1) is 24.8 Å². The summed E-state index contributed by atoms with van der Waals surface area (Å²) in [6.07, 6.45) is 0.116. The first-order valence-electron chi connectivity index (χ1n) is 9.95. The van der Waals surface area contributed by atoms with E-state index in [1.54, 1.807) is 0 Å². The fourth-order valence-electron chi connectivity index (χ4n) is 4.24. The van der Waals surface area contributed by atoms with Crippen LogP contribution in [0, 0.1) is 5.41 Å². The molecule has 1 saturated carbocycles. The number of rotatable bonds is 6. The van der Waals surface area contributed by atoms with E-state index < -0.39 is 11.6 Å². The number of nitrogens with two attached hydrogens (primary N) is 1. The average molecular weight is 448 g/mol. The highest BCUT2D eigenvalue weighted by Crippen LogP contribution is 2.50. The van der Waals surface area contributed by atoms with E-state index in [1.165, 1.54) is 0 Å². The fourth-order valence-corrected chi connectivity index (χ4v) is 4.24. The van der Waals surface area contributed by atoms with E-state index in [9.17, 15) is 9.90 Å². The molecule has 29 heavy (non-hydrogen) atoms. The predicted octanol–water partition coefficient (Wildman–Crippen LogP) is 2.24. The zero-order chi connectivity index (χ0) is 19.7. The van der Waals surface area contributed by atoms with Gasteiger partial charge in [0.15, 0.2) is 0 Å². The Morgan fingerprint density at radius 1 is 1.21 bits per heavy atom. The molecule has 1 heterocycles. The van der Waals surface area contributed by atoms with Gasteiger partial charge in [0, 0.05) is 51.2 Å². The quantitative estimate of drug-likeness (QED) is 0.698. The number of carbonyl (C=O) groups is 1. The molecule has 0 aromatic heterocycles. The summed E-state index contributed by atoms with van der Waals surface area (Å²) in [6, 6.07) is 9.70. The highest BCUT2D eigenvalue weighted by molar-refractivity contribution is 5.89. The maximum atomic E-state index is 13.1. The Labute approximate surface area is 186 Å². The lowest BCUT2D eigenvalue weighted by Gasteiger charge is -2.59. The molecular formula is C21H35Cl2N3O3. The molecule has 1 aliphatic heterocycles. The summed E-state index contributed by atoms with van der Waals surface area (Å²) in [5.74, 6) is 0.0340. The van der Waals surface area contributed by atoms with Crippen molar-refractivity contribution in [2.75, 3.05) is 39.3 Å². The number of carbonyl (C=O) groups excluding carboxylic acids is 1. The van der Waals surface area contributed by atoms with Crippen LogP contribution in [0.15, 0.2) is 30.3 Å². The zero-order valence-corrected chi connectivity index (χ0v) is 19.2. The van der Waals surface area contributed by atoms with E-state index in [0.29, 0.717) is 32.7 Å². The van der Waals surface area contributed by atoms with Gasteiger partial charge in [-0.2, -0.15) is 0 Å². The van der Waals surface area contributed by atoms with Crippen LogP contribution in [0.25, 0.3) is 0 Å². The smallest absolute Gasteiger partial charge is 0.243 e. The standard InChI is InChI=1S/C21H33N3O3.2ClH/c1-4-27-18-14-21(22,20(18,2)3)19(26)24-12-10-23(11-13-24)15-17(25)16-8-6-5-7-9-16;;/h5-9,17-18,25H,4,10-15,22H2,1-3H3;2*1H. The Kier molecular flexibility index (Phi) is 9.40. The van der Waals surface area contributed by atoms with Crippen molar-refractivity contribution < 1.29 is 14.6 Å². The number of aliphatic hydroxyl groups is 1. The molecule has 1 aromatic carbocycles. The molecular weight excluding hydrogens is 413 g/mol. The van der Waals surface area contributed by atoms with E-state index in [-0.39, 0.29) is 42.2 Å². The van der Waals surface area contributed by atoms with E-state index in [2.05, 4.69) is 4.90 Å². The number of aliphatic hydroxyl groups excluding tert-OH is 1. The third kappa shape index (κ3) is 5.06. The van der Waals surface area contributed by atoms with E-state index >= 15 is 0 Å². The molecule has 166 valence electrons. The number of piperazine rings is 1. The first-order valence-corrected chi connectivity index (χ1v) is 9.95. The molecule has 0 bridgehead atoms. The van der Waals surface area contributed by atoms with Crippen LogP contribution in [0.3, 0.4) is 0 Å². The highest BCUT2D eigenvalue weighted by atomic mass is 35.5. The first-order chi connectivity index (χ1) is 12.8. The maximum Gasteiger partial charge on any atom is 0.243 e. The molecule has 0 radical (unpaired) electrons. The van der Waals surface area contributed by atoms with Crippen LogP contribution in [-0.4, -0.2) is 71.8 Å². The third-order valence-corrected chi connectivity index (χ3v) is 6.49. The van der Waals surface area contributed by atoms with Crippen molar-refractivity contribution in [2.24, 2.45) is 11.1 Å². The molecule has 3 atom stereocenters. The molecule has 0 spiro atoms. The number of ether oxygens (including phenoxy) is 1. The van der Waals surface area contributed by atoms with Crippen LogP contribution < -0.4 is 5.73 Å². The van der Waals surface area contributed by atoms with Gasteiger partial charge in [0.1, 0.15) is 5.54 Å². The van der Waals surface area contributed by atoms with Gasteiger partial charge >= 0.3 is 0 Å². The van der Waals surface area contributed by atoms with Crippen LogP contribution >= 0.6 is 24.8 Å². The topological polar surface area (TPSA) is 79.0 Å². The van der Waals surface area contributed by atoms with Gasteiger partial charge in [-0.1, -0.05) is 44.2 Å². The second-order valence-corrected chi connectivity index (χ2v) is 8.36. The minimum absolute atomic E-state index is 0. The van der Waals surface area contributed by atoms with Crippen LogP contribution in [-0.2, 0) is 9.53 Å². The molecule has 3 rings (SSSR count). The number of amides is 1. The van der Waals surface area contributed by atoms with Gasteiger partial charge < -0.3 is 20.5 Å². The molecule has 6 nitrogen and oxygen atoms in total. The van der Waals surface area contributed by atoms with Gasteiger partial charge in [0.05, 0.1) is 12.2 Å². The SMILES string of the molecule is CCOC1CC(N)(C(=O)N2CCN(CC(O)c3ccccc3)CC2)C1(C)C.Cl.Cl. The molecule has 1 saturated heterocycles. The van der Waals surface area contributed by atoms with Gasteiger partial charge in [0.25, 0.3) is 0 Å². The predicted molar refractivity (Wildman–Crippen MR) is 120 cm³/mol. The molecule has 2 fully saturated rings. The van der Waals surface area contributed by atoms with E-state index in [0.717, 1.165) is 18.7 Å². The molecule has 1 aromatic rings. The van der Waals surface area contributed by atoms with Gasteiger partial charge in [-0.3, -0.25) is 9.69 Å². The lowest BCUT2D eigenvalue weighted by atomic mass is 9.54. The Balaban J connectivity index is 0.00000210. The molecule has 3 unspecified atom stereocenters. The number of hydrogen-bond acceptors (Lipinski definition) is 5. The van der Waals surface area contributed by atoms with Crippen molar-refractivity contribution in [1.29, 1.82) is 0 Å². The molecule has 1 amide bonds. The Morgan fingerprint density at radius 2 is 1.79 bits per heavy atom. The van der Waals surface area contributed by atoms with Crippen molar-refractivity contribution in [1.82, 2.24) is 9.80 Å². The second kappa shape index (κ2) is 10.4. The monoisotopic (exact) mass is 447 g/mol. The van der Waals surface area contributed by atoms with Crippen LogP contribution in [0.5, 0.6) is 0 Å². The molecule has 8 heteroatoms. The second-order valence-electron chi connectivity index (χ2n) is 8.36. The summed E-state index contributed by atoms with van der Waals surface area (Å²) in [6.45, 7) is 10.0. The normalized spacial score (nSPS) is 27.2. The van der Waals surface area contributed by atoms with Crippen LogP contribution in [0.4, 0.5) is 0 Å². The third-order valence-electron chi connectivity index (χ3n) is 6.49. The number of β-amino-alcohol motifs (C(OH)–C–C–N with tert-alkyl or cyclic N) is 1. The molecule has 3 N–H and O–H groups in total. The Bertz CT molecular complexity index is 654. The largest absolute Gasteiger partial charge is 0.387 e. The summed E-state index contributed by atoms with van der Waals surface area (Å²) >= 11 is 0. The number of hydrogen-bond donors (Lipinski definition) is 2. The highest BCUT2D eigenvalue weighted by Gasteiger charge is 2.63. The summed E-state index contributed by atoms with van der Waals surface area (Å²) in [5.41, 5.74) is 6.26. The Morgan fingerprint density at radius 3 is 2.31 bits per heavy atom. The summed E-state index contributed by atoms with van der Waals surface area (Å²) in [5, 5.41) is 10.4. The fraction of sp³-hybridized carbons (Fsp3) is 0.667.